The van der Waals surface area contributed by atoms with Crippen LogP contribution in [0.1, 0.15) is 38.4 Å². The molecule has 1 aliphatic rings. The molecule has 0 spiro atoms. The largest absolute Gasteiger partial charge is 0.494 e. The van der Waals surface area contributed by atoms with Crippen molar-refractivity contribution in [2.24, 2.45) is 0 Å². The molecule has 27 heavy (non-hydrogen) atoms. The van der Waals surface area contributed by atoms with Crippen molar-refractivity contribution in [3.63, 3.8) is 0 Å². The molecule has 7 nitrogen and oxygen atoms in total. The van der Waals surface area contributed by atoms with Crippen molar-refractivity contribution in [2.45, 2.75) is 44.3 Å². The Kier molecular flexibility index (Phi) is 6.98. The molecular formula is C19H26N4O3S. The number of hydrogen-bond acceptors (Lipinski definition) is 6. The Balaban J connectivity index is 1.35. The van der Waals surface area contributed by atoms with Gasteiger partial charge in [-0.3, -0.25) is 4.79 Å². The summed E-state index contributed by atoms with van der Waals surface area (Å²) >= 11 is 1.43. The number of benzene rings is 1. The second-order valence-corrected chi connectivity index (χ2v) is 7.19. The van der Waals surface area contributed by atoms with Gasteiger partial charge in [-0.2, -0.15) is 0 Å². The summed E-state index contributed by atoms with van der Waals surface area (Å²) in [7, 11) is 0. The van der Waals surface area contributed by atoms with Gasteiger partial charge >= 0.3 is 0 Å². The third-order valence-corrected chi connectivity index (χ3v) is 5.13. The van der Waals surface area contributed by atoms with Crippen LogP contribution < -0.4 is 14.8 Å². The molecule has 1 saturated carbocycles. The minimum atomic E-state index is -0.0334. The van der Waals surface area contributed by atoms with Crippen molar-refractivity contribution in [1.82, 2.24) is 20.1 Å². The van der Waals surface area contributed by atoms with E-state index in [4.69, 9.17) is 9.47 Å². The maximum Gasteiger partial charge on any atom is 0.230 e. The van der Waals surface area contributed by atoms with Crippen molar-refractivity contribution >= 4 is 17.7 Å². The molecule has 146 valence electrons. The van der Waals surface area contributed by atoms with Crippen molar-refractivity contribution in [3.8, 4) is 11.5 Å². The maximum atomic E-state index is 12.0. The molecule has 2 aromatic rings. The highest BCUT2D eigenvalue weighted by Crippen LogP contribution is 2.39. The van der Waals surface area contributed by atoms with E-state index in [9.17, 15) is 4.79 Å². The standard InChI is InChI=1S/C19H26N4O3S/c1-3-23-18(14-5-6-14)21-22-19(23)27-13-17(24)20-11-12-26-16-9-7-15(8-10-16)25-4-2/h7-10,14H,3-6,11-13H2,1-2H3,(H,20,24). The van der Waals surface area contributed by atoms with E-state index >= 15 is 0 Å². The lowest BCUT2D eigenvalue weighted by atomic mass is 10.3. The highest BCUT2D eigenvalue weighted by Gasteiger charge is 2.30. The first kappa shape index (κ1) is 19.5. The summed E-state index contributed by atoms with van der Waals surface area (Å²) in [5.41, 5.74) is 0. The van der Waals surface area contributed by atoms with E-state index in [0.717, 1.165) is 29.0 Å². The summed E-state index contributed by atoms with van der Waals surface area (Å²) in [5, 5.41) is 12.2. The van der Waals surface area contributed by atoms with Crippen molar-refractivity contribution in [3.05, 3.63) is 30.1 Å². The monoisotopic (exact) mass is 390 g/mol. The Hall–Kier alpha value is -2.22. The molecule has 1 aliphatic carbocycles. The van der Waals surface area contributed by atoms with Crippen LogP contribution in [0.25, 0.3) is 0 Å². The number of amides is 1. The third kappa shape index (κ3) is 5.63. The normalized spacial score (nSPS) is 13.4. The zero-order chi connectivity index (χ0) is 19.1. The topological polar surface area (TPSA) is 78.3 Å². The van der Waals surface area contributed by atoms with Crippen molar-refractivity contribution < 1.29 is 14.3 Å². The Morgan fingerprint density at radius 1 is 1.19 bits per heavy atom. The van der Waals surface area contributed by atoms with E-state index in [2.05, 4.69) is 27.0 Å². The van der Waals surface area contributed by atoms with Gasteiger partial charge in [-0.05, 0) is 51.0 Å². The van der Waals surface area contributed by atoms with Crippen LogP contribution in [0.5, 0.6) is 11.5 Å². The number of carbonyl (C=O) groups excluding carboxylic acids is 1. The second kappa shape index (κ2) is 9.64. The molecule has 1 aromatic heterocycles. The van der Waals surface area contributed by atoms with E-state index in [0.29, 0.717) is 31.4 Å². The number of nitrogens with one attached hydrogen (secondary N) is 1. The SMILES string of the molecule is CCOc1ccc(OCCNC(=O)CSc2nnc(C3CC3)n2CC)cc1. The van der Waals surface area contributed by atoms with Crippen LogP contribution in [0.2, 0.25) is 0 Å². The fourth-order valence-corrected chi connectivity index (χ4v) is 3.53. The molecule has 1 fully saturated rings. The predicted molar refractivity (Wildman–Crippen MR) is 105 cm³/mol. The van der Waals surface area contributed by atoms with Gasteiger partial charge in [0.25, 0.3) is 0 Å². The lowest BCUT2D eigenvalue weighted by Gasteiger charge is -2.09. The molecule has 0 radical (unpaired) electrons. The summed E-state index contributed by atoms with van der Waals surface area (Å²) in [6.07, 6.45) is 2.38. The van der Waals surface area contributed by atoms with Crippen LogP contribution in [0.15, 0.2) is 29.4 Å². The number of carbonyl (C=O) groups is 1. The summed E-state index contributed by atoms with van der Waals surface area (Å²) in [5.74, 6) is 3.48. The Labute approximate surface area is 163 Å². The molecular weight excluding hydrogens is 364 g/mol. The fourth-order valence-electron chi connectivity index (χ4n) is 2.69. The van der Waals surface area contributed by atoms with Gasteiger partial charge in [0, 0.05) is 12.5 Å². The van der Waals surface area contributed by atoms with Gasteiger partial charge in [0.15, 0.2) is 5.16 Å². The first-order valence-corrected chi connectivity index (χ1v) is 10.4. The molecule has 1 N–H and O–H groups in total. The Morgan fingerprint density at radius 3 is 2.52 bits per heavy atom. The molecule has 8 heteroatoms. The zero-order valence-corrected chi connectivity index (χ0v) is 16.6. The van der Waals surface area contributed by atoms with Crippen LogP contribution in [-0.4, -0.2) is 46.2 Å². The second-order valence-electron chi connectivity index (χ2n) is 6.25. The van der Waals surface area contributed by atoms with E-state index in [-0.39, 0.29) is 5.91 Å². The first-order valence-electron chi connectivity index (χ1n) is 9.39. The van der Waals surface area contributed by atoms with Gasteiger partial charge in [0.2, 0.25) is 5.91 Å². The van der Waals surface area contributed by atoms with Gasteiger partial charge in [-0.25, -0.2) is 0 Å². The summed E-state index contributed by atoms with van der Waals surface area (Å²) < 4.78 is 13.1. The number of rotatable bonds is 11. The lowest BCUT2D eigenvalue weighted by molar-refractivity contribution is -0.118. The van der Waals surface area contributed by atoms with Crippen LogP contribution in [-0.2, 0) is 11.3 Å². The fraction of sp³-hybridized carbons (Fsp3) is 0.526. The molecule has 3 rings (SSSR count). The zero-order valence-electron chi connectivity index (χ0n) is 15.8. The third-order valence-electron chi connectivity index (χ3n) is 4.16. The molecule has 1 heterocycles. The quantitative estimate of drug-likeness (QED) is 0.470. The van der Waals surface area contributed by atoms with E-state index in [1.54, 1.807) is 0 Å². The molecule has 0 atom stereocenters. The van der Waals surface area contributed by atoms with Gasteiger partial charge in [-0.15, -0.1) is 10.2 Å². The van der Waals surface area contributed by atoms with Crippen LogP contribution in [0, 0.1) is 0 Å². The van der Waals surface area contributed by atoms with E-state index in [1.807, 2.05) is 31.2 Å². The van der Waals surface area contributed by atoms with Gasteiger partial charge in [-0.1, -0.05) is 11.8 Å². The summed E-state index contributed by atoms with van der Waals surface area (Å²) in [6, 6.07) is 7.46. The van der Waals surface area contributed by atoms with Crippen molar-refractivity contribution in [1.29, 1.82) is 0 Å². The van der Waals surface area contributed by atoms with Crippen LogP contribution >= 0.6 is 11.8 Å². The summed E-state index contributed by atoms with van der Waals surface area (Å²) in [6.45, 7) is 6.38. The highest BCUT2D eigenvalue weighted by atomic mass is 32.2. The van der Waals surface area contributed by atoms with Crippen LogP contribution in [0.4, 0.5) is 0 Å². The van der Waals surface area contributed by atoms with E-state index < -0.39 is 0 Å². The van der Waals surface area contributed by atoms with Crippen LogP contribution in [0.3, 0.4) is 0 Å². The molecule has 1 aromatic carbocycles. The molecule has 0 unspecified atom stereocenters. The average molecular weight is 391 g/mol. The van der Waals surface area contributed by atoms with Gasteiger partial charge in [0.05, 0.1) is 18.9 Å². The number of thioether (sulfide) groups is 1. The number of ether oxygens (including phenoxy) is 2. The highest BCUT2D eigenvalue weighted by molar-refractivity contribution is 7.99. The predicted octanol–water partition coefficient (Wildman–Crippen LogP) is 2.86. The molecule has 0 aliphatic heterocycles. The smallest absolute Gasteiger partial charge is 0.230 e. The summed E-state index contributed by atoms with van der Waals surface area (Å²) in [4.78, 5) is 12.0. The van der Waals surface area contributed by atoms with Gasteiger partial charge < -0.3 is 19.4 Å². The van der Waals surface area contributed by atoms with E-state index in [1.165, 1.54) is 24.6 Å². The molecule has 0 bridgehead atoms. The number of nitrogens with zero attached hydrogens (tertiary/aromatic N) is 3. The first-order chi connectivity index (χ1) is 13.2. The molecule has 1 amide bonds. The number of hydrogen-bond donors (Lipinski definition) is 1. The average Bonchev–Trinajstić information content (AvgIpc) is 3.44. The minimum absolute atomic E-state index is 0.0334. The Bertz CT molecular complexity index is 744. The maximum absolute atomic E-state index is 12.0. The minimum Gasteiger partial charge on any atom is -0.494 e. The Morgan fingerprint density at radius 2 is 1.89 bits per heavy atom. The van der Waals surface area contributed by atoms with Gasteiger partial charge in [0.1, 0.15) is 23.9 Å². The lowest BCUT2D eigenvalue weighted by Crippen LogP contribution is -2.29. The molecule has 0 saturated heterocycles. The van der Waals surface area contributed by atoms with Crippen molar-refractivity contribution in [2.75, 3.05) is 25.5 Å². The number of aromatic nitrogens is 3.